The normalized spacial score (nSPS) is 18.5. The molecule has 27 heavy (non-hydrogen) atoms. The Bertz CT molecular complexity index is 377. The first kappa shape index (κ1) is 24.5. The Morgan fingerprint density at radius 3 is 1.67 bits per heavy atom. The highest BCUT2D eigenvalue weighted by atomic mass is 16.5. The van der Waals surface area contributed by atoms with Crippen LogP contribution in [-0.4, -0.2) is 37.1 Å². The van der Waals surface area contributed by atoms with Crippen molar-refractivity contribution >= 4 is 5.91 Å². The number of hydrogen-bond acceptors (Lipinski definition) is 2. The summed E-state index contributed by atoms with van der Waals surface area (Å²) < 4.78 is 5.33. The van der Waals surface area contributed by atoms with Gasteiger partial charge >= 0.3 is 0 Å². The summed E-state index contributed by atoms with van der Waals surface area (Å²) in [6.07, 6.45) is 12.8. The van der Waals surface area contributed by atoms with Crippen LogP contribution in [0.4, 0.5) is 0 Å². The predicted molar refractivity (Wildman–Crippen MR) is 116 cm³/mol. The van der Waals surface area contributed by atoms with Crippen molar-refractivity contribution in [2.24, 2.45) is 23.7 Å². The van der Waals surface area contributed by atoms with E-state index < -0.39 is 0 Å². The van der Waals surface area contributed by atoms with Gasteiger partial charge in [-0.25, -0.2) is 0 Å². The summed E-state index contributed by atoms with van der Waals surface area (Å²) in [5, 5.41) is 0. The van der Waals surface area contributed by atoms with Crippen LogP contribution < -0.4 is 0 Å². The molecule has 0 aromatic heterocycles. The second kappa shape index (κ2) is 14.4. The Labute approximate surface area is 169 Å². The SMILES string of the molecule is CC(C)CCCC(C)CCCC(C)CCCC(C)CC(=O)N1CCOCC1. The van der Waals surface area contributed by atoms with Crippen molar-refractivity contribution < 1.29 is 9.53 Å². The molecule has 160 valence electrons. The van der Waals surface area contributed by atoms with Crippen LogP contribution in [0.25, 0.3) is 0 Å². The Hall–Kier alpha value is -0.570. The Balaban J connectivity index is 2.02. The molecule has 0 aromatic rings. The minimum Gasteiger partial charge on any atom is -0.378 e. The van der Waals surface area contributed by atoms with Gasteiger partial charge in [-0.05, 0) is 23.7 Å². The largest absolute Gasteiger partial charge is 0.378 e. The van der Waals surface area contributed by atoms with Crippen LogP contribution in [-0.2, 0) is 9.53 Å². The fraction of sp³-hybridized carbons (Fsp3) is 0.958. The smallest absolute Gasteiger partial charge is 0.222 e. The summed E-state index contributed by atoms with van der Waals surface area (Å²) in [4.78, 5) is 14.3. The molecule has 3 atom stereocenters. The summed E-state index contributed by atoms with van der Waals surface area (Å²) in [7, 11) is 0. The molecule has 0 saturated carbocycles. The van der Waals surface area contributed by atoms with Gasteiger partial charge in [0.2, 0.25) is 5.91 Å². The third-order valence-electron chi connectivity index (χ3n) is 6.15. The Morgan fingerprint density at radius 2 is 1.19 bits per heavy atom. The van der Waals surface area contributed by atoms with Crippen molar-refractivity contribution in [2.45, 2.75) is 98.8 Å². The van der Waals surface area contributed by atoms with E-state index in [1.807, 2.05) is 4.90 Å². The third kappa shape index (κ3) is 12.5. The van der Waals surface area contributed by atoms with Crippen LogP contribution in [0, 0.1) is 23.7 Å². The highest BCUT2D eigenvalue weighted by Gasteiger charge is 2.19. The first-order valence-electron chi connectivity index (χ1n) is 11.7. The van der Waals surface area contributed by atoms with Crippen molar-refractivity contribution in [1.82, 2.24) is 4.90 Å². The Kier molecular flexibility index (Phi) is 13.1. The van der Waals surface area contributed by atoms with E-state index in [1.165, 1.54) is 57.8 Å². The van der Waals surface area contributed by atoms with Gasteiger partial charge in [-0.3, -0.25) is 4.79 Å². The van der Waals surface area contributed by atoms with Gasteiger partial charge in [0.25, 0.3) is 0 Å². The van der Waals surface area contributed by atoms with Gasteiger partial charge in [0.05, 0.1) is 13.2 Å². The summed E-state index contributed by atoms with van der Waals surface area (Å²) >= 11 is 0. The maximum absolute atomic E-state index is 12.3. The van der Waals surface area contributed by atoms with E-state index in [2.05, 4.69) is 34.6 Å². The second-order valence-electron chi connectivity index (χ2n) is 9.70. The van der Waals surface area contributed by atoms with E-state index >= 15 is 0 Å². The molecule has 1 amide bonds. The summed E-state index contributed by atoms with van der Waals surface area (Å²) in [6.45, 7) is 14.7. The minimum absolute atomic E-state index is 0.324. The molecule has 3 nitrogen and oxygen atoms in total. The number of carbonyl (C=O) groups excluding carboxylic acids is 1. The molecule has 0 aliphatic carbocycles. The fourth-order valence-corrected chi connectivity index (χ4v) is 4.13. The fourth-order valence-electron chi connectivity index (χ4n) is 4.13. The average molecular weight is 382 g/mol. The van der Waals surface area contributed by atoms with Crippen LogP contribution in [0.3, 0.4) is 0 Å². The first-order chi connectivity index (χ1) is 12.9. The van der Waals surface area contributed by atoms with E-state index in [1.54, 1.807) is 0 Å². The van der Waals surface area contributed by atoms with Gasteiger partial charge in [-0.1, -0.05) is 92.4 Å². The second-order valence-corrected chi connectivity index (χ2v) is 9.70. The van der Waals surface area contributed by atoms with Crippen LogP contribution in [0.1, 0.15) is 98.8 Å². The van der Waals surface area contributed by atoms with Gasteiger partial charge < -0.3 is 9.64 Å². The zero-order valence-corrected chi connectivity index (χ0v) is 19.0. The summed E-state index contributed by atoms with van der Waals surface area (Å²) in [5.74, 6) is 3.40. The molecule has 0 spiro atoms. The van der Waals surface area contributed by atoms with Crippen molar-refractivity contribution in [2.75, 3.05) is 26.3 Å². The van der Waals surface area contributed by atoms with Crippen LogP contribution in [0.5, 0.6) is 0 Å². The first-order valence-corrected chi connectivity index (χ1v) is 11.7. The lowest BCUT2D eigenvalue weighted by atomic mass is 9.90. The number of hydrogen-bond donors (Lipinski definition) is 0. The molecule has 1 aliphatic rings. The number of amides is 1. The molecular weight excluding hydrogens is 334 g/mol. The van der Waals surface area contributed by atoms with Crippen LogP contribution >= 0.6 is 0 Å². The topological polar surface area (TPSA) is 29.5 Å². The highest BCUT2D eigenvalue weighted by Crippen LogP contribution is 2.23. The van der Waals surface area contributed by atoms with E-state index in [9.17, 15) is 4.79 Å². The molecule has 3 heteroatoms. The molecule has 0 aromatic carbocycles. The number of rotatable bonds is 14. The van der Waals surface area contributed by atoms with Gasteiger partial charge in [0.1, 0.15) is 0 Å². The highest BCUT2D eigenvalue weighted by molar-refractivity contribution is 5.76. The van der Waals surface area contributed by atoms with Crippen LogP contribution in [0.2, 0.25) is 0 Å². The molecular formula is C24H47NO2. The van der Waals surface area contributed by atoms with Gasteiger partial charge in [-0.15, -0.1) is 0 Å². The lowest BCUT2D eigenvalue weighted by Crippen LogP contribution is -2.41. The lowest BCUT2D eigenvalue weighted by molar-refractivity contribution is -0.136. The van der Waals surface area contributed by atoms with E-state index in [0.29, 0.717) is 31.5 Å². The zero-order chi connectivity index (χ0) is 20.1. The van der Waals surface area contributed by atoms with E-state index in [0.717, 1.165) is 30.8 Å². The number of nitrogens with zero attached hydrogens (tertiary/aromatic N) is 1. The molecule has 1 saturated heterocycles. The van der Waals surface area contributed by atoms with Gasteiger partial charge in [0, 0.05) is 19.5 Å². The quantitative estimate of drug-likeness (QED) is 0.353. The summed E-state index contributed by atoms with van der Waals surface area (Å²) in [6, 6.07) is 0. The van der Waals surface area contributed by atoms with Crippen molar-refractivity contribution in [3.05, 3.63) is 0 Å². The Morgan fingerprint density at radius 1 is 0.741 bits per heavy atom. The lowest BCUT2D eigenvalue weighted by Gasteiger charge is -2.28. The van der Waals surface area contributed by atoms with E-state index in [-0.39, 0.29) is 0 Å². The molecule has 1 heterocycles. The maximum Gasteiger partial charge on any atom is 0.222 e. The van der Waals surface area contributed by atoms with Gasteiger partial charge in [0.15, 0.2) is 0 Å². The monoisotopic (exact) mass is 381 g/mol. The number of morpholine rings is 1. The third-order valence-corrected chi connectivity index (χ3v) is 6.15. The molecule has 3 unspecified atom stereocenters. The molecule has 1 fully saturated rings. The maximum atomic E-state index is 12.3. The molecule has 0 bridgehead atoms. The minimum atomic E-state index is 0.324. The molecule has 0 N–H and O–H groups in total. The van der Waals surface area contributed by atoms with Crippen molar-refractivity contribution in [1.29, 1.82) is 0 Å². The van der Waals surface area contributed by atoms with Crippen molar-refractivity contribution in [3.8, 4) is 0 Å². The summed E-state index contributed by atoms with van der Waals surface area (Å²) in [5.41, 5.74) is 0. The number of carbonyl (C=O) groups is 1. The molecule has 1 rings (SSSR count). The zero-order valence-electron chi connectivity index (χ0n) is 19.0. The standard InChI is InChI=1S/C24H47NO2/c1-20(2)9-6-10-21(3)11-7-12-22(4)13-8-14-23(5)19-24(26)25-15-17-27-18-16-25/h20-23H,6-19H2,1-5H3. The number of ether oxygens (including phenoxy) is 1. The average Bonchev–Trinajstić information content (AvgIpc) is 2.62. The molecule has 0 radical (unpaired) electrons. The van der Waals surface area contributed by atoms with Crippen molar-refractivity contribution in [3.63, 3.8) is 0 Å². The van der Waals surface area contributed by atoms with E-state index in [4.69, 9.17) is 4.74 Å². The van der Waals surface area contributed by atoms with Gasteiger partial charge in [-0.2, -0.15) is 0 Å². The predicted octanol–water partition coefficient (Wildman–Crippen LogP) is 6.31. The van der Waals surface area contributed by atoms with Crippen LogP contribution in [0.15, 0.2) is 0 Å². The molecule has 1 aliphatic heterocycles.